The summed E-state index contributed by atoms with van der Waals surface area (Å²) < 4.78 is 24.1. The van der Waals surface area contributed by atoms with Crippen LogP contribution in [0.25, 0.3) is 0 Å². The van der Waals surface area contributed by atoms with Crippen LogP contribution in [-0.2, 0) is 62.1 Å². The van der Waals surface area contributed by atoms with Gasteiger partial charge in [0.2, 0.25) is 0 Å². The van der Waals surface area contributed by atoms with Gasteiger partial charge in [0.25, 0.3) is 0 Å². The minimum Gasteiger partial charge on any atom is -0.469 e. The van der Waals surface area contributed by atoms with Crippen LogP contribution >= 0.6 is 59.6 Å². The molecular weight excluding hydrogens is 796 g/mol. The Bertz CT molecular complexity index is 1340. The molecule has 12 nitrogen and oxygen atoms in total. The molecule has 1 aromatic rings. The molecule has 1 aromatic heterocycles. The Morgan fingerprint density at radius 2 is 1.39 bits per heavy atom. The number of aromatic nitrogens is 1. The molecule has 2 heterocycles. The number of rotatable bonds is 14. The molecule has 0 aromatic carbocycles. The first kappa shape index (κ1) is 38.0. The smallest absolute Gasteiger partial charge is 0.355 e. The van der Waals surface area contributed by atoms with Crippen molar-refractivity contribution >= 4 is 94.4 Å². The maximum Gasteiger partial charge on any atom is 0.355 e. The van der Waals surface area contributed by atoms with Crippen molar-refractivity contribution in [2.24, 2.45) is 4.99 Å². The highest BCUT2D eigenvalue weighted by molar-refractivity contribution is 9.39. The lowest BCUT2D eigenvalue weighted by molar-refractivity contribution is -0.141. The summed E-state index contributed by atoms with van der Waals surface area (Å²) in [5.74, 6) is -2.74. The number of carbonyl (C=O) groups excluding carboxylic acids is 5. The largest absolute Gasteiger partial charge is 0.469 e. The number of aliphatic imine (C=N–C) groups is 1. The van der Waals surface area contributed by atoms with E-state index in [4.69, 9.17) is 28.7 Å². The normalized spacial score (nSPS) is 16.3. The van der Waals surface area contributed by atoms with Crippen LogP contribution in [0.15, 0.2) is 16.1 Å². The van der Waals surface area contributed by atoms with E-state index in [9.17, 15) is 24.0 Å². The van der Waals surface area contributed by atoms with Gasteiger partial charge in [-0.05, 0) is 48.3 Å². The summed E-state index contributed by atoms with van der Waals surface area (Å²) in [6.07, 6.45) is 2.06. The lowest BCUT2D eigenvalue weighted by atomic mass is 9.82. The third-order valence-electron chi connectivity index (χ3n) is 6.92. The number of nitrogens with zero attached hydrogens (tertiary/aromatic N) is 1. The second-order valence-electron chi connectivity index (χ2n) is 9.81. The summed E-state index contributed by atoms with van der Waals surface area (Å²) in [5, 5.41) is 0.649. The summed E-state index contributed by atoms with van der Waals surface area (Å²) in [6.45, 7) is 1.72. The molecule has 0 saturated carbocycles. The monoisotopic (exact) mass is 828 g/mol. The quantitative estimate of drug-likeness (QED) is 0.157. The number of aromatic amines is 1. The van der Waals surface area contributed by atoms with Crippen molar-refractivity contribution in [3.05, 3.63) is 33.7 Å². The molecule has 1 aliphatic heterocycles. The van der Waals surface area contributed by atoms with Gasteiger partial charge in [-0.25, -0.2) is 4.79 Å². The molecule has 0 saturated heterocycles. The number of hydrogen-bond donors (Lipinski definition) is 1. The Morgan fingerprint density at radius 3 is 1.91 bits per heavy atom. The van der Waals surface area contributed by atoms with Crippen molar-refractivity contribution in [1.29, 1.82) is 0 Å². The van der Waals surface area contributed by atoms with Gasteiger partial charge >= 0.3 is 29.8 Å². The Kier molecular flexibility index (Phi) is 14.6. The fourth-order valence-corrected chi connectivity index (χ4v) is 5.90. The molecule has 44 heavy (non-hydrogen) atoms. The van der Waals surface area contributed by atoms with Gasteiger partial charge in [0.1, 0.15) is 12.3 Å². The summed E-state index contributed by atoms with van der Waals surface area (Å²) in [6, 6.07) is 0. The Hall–Kier alpha value is -2.17. The van der Waals surface area contributed by atoms with Crippen LogP contribution in [0.5, 0.6) is 0 Å². The number of nitrogens with one attached hydrogen (secondary N) is 1. The van der Waals surface area contributed by atoms with Gasteiger partial charge in [0.15, 0.2) is 2.14 Å². The van der Waals surface area contributed by atoms with Crippen molar-refractivity contribution in [2.45, 2.75) is 59.6 Å². The van der Waals surface area contributed by atoms with Crippen molar-refractivity contribution in [3.63, 3.8) is 0 Å². The Labute approximate surface area is 285 Å². The molecule has 1 atom stereocenters. The maximum absolute atomic E-state index is 13.3. The predicted molar refractivity (Wildman–Crippen MR) is 175 cm³/mol. The van der Waals surface area contributed by atoms with E-state index < -0.39 is 37.5 Å². The lowest BCUT2D eigenvalue weighted by Crippen LogP contribution is -2.29. The number of esters is 5. The van der Waals surface area contributed by atoms with E-state index in [2.05, 4.69) is 52.8 Å². The van der Waals surface area contributed by atoms with Crippen LogP contribution in [0.2, 0.25) is 0 Å². The fraction of sp³-hybridized carbons (Fsp3) is 0.571. The summed E-state index contributed by atoms with van der Waals surface area (Å²) in [7, 11) is 5.09. The van der Waals surface area contributed by atoms with E-state index >= 15 is 0 Å². The number of carbonyl (C=O) groups is 5. The Balaban J connectivity index is 2.74. The molecule has 244 valence electrons. The third kappa shape index (κ3) is 10.4. The molecule has 2 rings (SSSR count). The van der Waals surface area contributed by atoms with Gasteiger partial charge in [-0.1, -0.05) is 47.8 Å². The molecule has 16 heteroatoms. The number of thioether (sulfide) groups is 1. The van der Waals surface area contributed by atoms with Crippen LogP contribution in [0.3, 0.4) is 0 Å². The molecule has 1 unspecified atom stereocenters. The SMILES string of the molecule is COC(=O)CCC1=C(CC(=O)OC)C(C)(Cc2[nH]c(C(=O)OCC(Br)(Br)Br)c(CC(=O)OC)c2CCC(=O)OC)N=C1SC. The number of halogens is 3. The first-order valence-corrected chi connectivity index (χ1v) is 16.8. The van der Waals surface area contributed by atoms with E-state index in [-0.39, 0.29) is 57.2 Å². The summed E-state index contributed by atoms with van der Waals surface area (Å²) >= 11 is 11.2. The number of methoxy groups -OCH3 is 4. The second kappa shape index (κ2) is 16.9. The topological polar surface area (TPSA) is 160 Å². The molecule has 0 aliphatic carbocycles. The van der Waals surface area contributed by atoms with E-state index in [0.29, 0.717) is 27.4 Å². The zero-order valence-corrected chi connectivity index (χ0v) is 30.8. The molecule has 0 radical (unpaired) electrons. The number of ether oxygens (including phenoxy) is 5. The molecule has 1 N–H and O–H groups in total. The van der Waals surface area contributed by atoms with Crippen LogP contribution in [0, 0.1) is 0 Å². The van der Waals surface area contributed by atoms with Crippen molar-refractivity contribution in [1.82, 2.24) is 4.98 Å². The van der Waals surface area contributed by atoms with E-state index in [1.807, 2.05) is 13.2 Å². The van der Waals surface area contributed by atoms with E-state index in [0.717, 1.165) is 5.57 Å². The van der Waals surface area contributed by atoms with Gasteiger partial charge in [-0.3, -0.25) is 24.2 Å². The molecule has 0 bridgehead atoms. The standard InChI is InChI=1S/C28H35Br3N2O10S/c1-27(18(12-23(37)42-5)16(25(33-27)44-6)8-10-21(35)40-3)13-19-15(7-9-20(34)39-2)17(11-22(36)41-4)24(32-19)26(38)43-14-28(29,30)31/h32H,7-14H2,1-6H3. The highest BCUT2D eigenvalue weighted by atomic mass is 80.0. The minimum atomic E-state index is -1.02. The van der Waals surface area contributed by atoms with Gasteiger partial charge in [0.05, 0.1) is 51.9 Å². The number of H-pyrrole nitrogens is 1. The zero-order valence-electron chi connectivity index (χ0n) is 25.2. The average molecular weight is 831 g/mol. The average Bonchev–Trinajstić information content (AvgIpc) is 3.45. The molecule has 1 aliphatic rings. The molecule has 0 fully saturated rings. The predicted octanol–water partition coefficient (Wildman–Crippen LogP) is 4.72. The van der Waals surface area contributed by atoms with Crippen LogP contribution in [-0.4, -0.2) is 88.9 Å². The van der Waals surface area contributed by atoms with Gasteiger partial charge in [-0.2, -0.15) is 0 Å². The summed E-state index contributed by atoms with van der Waals surface area (Å²) in [5.41, 5.74) is 1.71. The van der Waals surface area contributed by atoms with Crippen molar-refractivity contribution in [2.75, 3.05) is 41.3 Å². The highest BCUT2D eigenvalue weighted by Crippen LogP contribution is 2.42. The van der Waals surface area contributed by atoms with Crippen LogP contribution < -0.4 is 0 Å². The zero-order chi connectivity index (χ0) is 33.2. The molecule has 0 spiro atoms. The minimum absolute atomic E-state index is 0.0158. The van der Waals surface area contributed by atoms with Gasteiger partial charge in [0, 0.05) is 25.0 Å². The van der Waals surface area contributed by atoms with Crippen LogP contribution in [0.1, 0.15) is 59.9 Å². The summed E-state index contributed by atoms with van der Waals surface area (Å²) in [4.78, 5) is 70.7. The first-order valence-electron chi connectivity index (χ1n) is 13.2. The first-order chi connectivity index (χ1) is 20.6. The second-order valence-corrected chi connectivity index (χ2v) is 17.9. The number of hydrogen-bond acceptors (Lipinski definition) is 12. The molecule has 0 amide bonds. The fourth-order valence-electron chi connectivity index (χ4n) is 4.80. The molecular formula is C28H35Br3N2O10S. The van der Waals surface area contributed by atoms with E-state index in [1.54, 1.807) is 0 Å². The third-order valence-corrected chi connectivity index (χ3v) is 8.33. The van der Waals surface area contributed by atoms with Gasteiger partial charge in [-0.15, -0.1) is 11.8 Å². The van der Waals surface area contributed by atoms with Gasteiger partial charge < -0.3 is 28.7 Å². The van der Waals surface area contributed by atoms with Crippen molar-refractivity contribution < 1.29 is 47.7 Å². The van der Waals surface area contributed by atoms with Crippen LogP contribution in [0.4, 0.5) is 0 Å². The number of alkyl halides is 3. The van der Waals surface area contributed by atoms with E-state index in [1.165, 1.54) is 40.2 Å². The maximum atomic E-state index is 13.3. The highest BCUT2D eigenvalue weighted by Gasteiger charge is 2.41. The van der Waals surface area contributed by atoms with Crippen molar-refractivity contribution in [3.8, 4) is 0 Å². The lowest BCUT2D eigenvalue weighted by Gasteiger charge is -2.26. The Morgan fingerprint density at radius 1 is 0.841 bits per heavy atom.